The van der Waals surface area contributed by atoms with Crippen LogP contribution >= 0.6 is 0 Å². The molecule has 0 saturated heterocycles. The van der Waals surface area contributed by atoms with Crippen molar-refractivity contribution in [2.75, 3.05) is 6.61 Å². The smallest absolute Gasteiger partial charge is 0.0431 e. The van der Waals surface area contributed by atoms with Crippen molar-refractivity contribution in [3.63, 3.8) is 0 Å². The Bertz CT molecular complexity index is 71.3. The van der Waals surface area contributed by atoms with Gasteiger partial charge >= 0.3 is 0 Å². The van der Waals surface area contributed by atoms with E-state index < -0.39 is 0 Å². The van der Waals surface area contributed by atoms with Crippen LogP contribution in [0.5, 0.6) is 0 Å². The summed E-state index contributed by atoms with van der Waals surface area (Å²) in [5.74, 6) is 0. The summed E-state index contributed by atoms with van der Waals surface area (Å²) in [4.78, 5) is 0. The molecule has 0 aromatic heterocycles. The van der Waals surface area contributed by atoms with Gasteiger partial charge in [-0.2, -0.15) is 0 Å². The van der Waals surface area contributed by atoms with E-state index in [1.807, 2.05) is 0 Å². The third-order valence-electron chi connectivity index (χ3n) is 1.37. The molecule has 0 aliphatic carbocycles. The lowest BCUT2D eigenvalue weighted by Crippen LogP contribution is -2.05. The number of hydrogen-bond acceptors (Lipinski definition) is 1. The predicted molar refractivity (Wildman–Crippen MR) is 44.7 cm³/mol. The molecule has 0 aliphatic rings. The quantitative estimate of drug-likeness (QED) is 0.599. The van der Waals surface area contributed by atoms with Crippen molar-refractivity contribution in [1.82, 2.24) is 0 Å². The molecule has 0 saturated carbocycles. The lowest BCUT2D eigenvalue weighted by Gasteiger charge is -2.16. The van der Waals surface area contributed by atoms with E-state index in [4.69, 9.17) is 5.11 Å². The number of aliphatic hydroxyl groups excluding tert-OH is 1. The SMILES string of the molecule is CC(C)(C)[CH]CCCCO. The van der Waals surface area contributed by atoms with E-state index in [2.05, 4.69) is 27.2 Å². The lowest BCUT2D eigenvalue weighted by molar-refractivity contribution is 0.282. The van der Waals surface area contributed by atoms with Crippen LogP contribution < -0.4 is 0 Å². The summed E-state index contributed by atoms with van der Waals surface area (Å²) in [7, 11) is 0. The standard InChI is InChI=1S/C9H19O/c1-9(2,3)7-5-4-6-8-10/h7,10H,4-6,8H2,1-3H3. The minimum Gasteiger partial charge on any atom is -0.396 e. The zero-order valence-electron chi connectivity index (χ0n) is 7.35. The summed E-state index contributed by atoms with van der Waals surface area (Å²) < 4.78 is 0. The first-order chi connectivity index (χ1) is 4.56. The zero-order chi connectivity index (χ0) is 8.04. The maximum Gasteiger partial charge on any atom is 0.0431 e. The fourth-order valence-electron chi connectivity index (χ4n) is 0.791. The molecule has 0 fully saturated rings. The molecule has 0 unspecified atom stereocenters. The topological polar surface area (TPSA) is 20.2 Å². The second-order valence-corrected chi connectivity index (χ2v) is 3.79. The van der Waals surface area contributed by atoms with Crippen LogP contribution in [0, 0.1) is 11.8 Å². The molecule has 0 amide bonds. The Morgan fingerprint density at radius 3 is 2.20 bits per heavy atom. The minimum absolute atomic E-state index is 0.331. The Labute approximate surface area is 64.5 Å². The van der Waals surface area contributed by atoms with Gasteiger partial charge in [-0.1, -0.05) is 27.2 Å². The molecule has 1 radical (unpaired) electrons. The average Bonchev–Trinajstić information content (AvgIpc) is 1.78. The van der Waals surface area contributed by atoms with Crippen molar-refractivity contribution in [2.45, 2.75) is 40.0 Å². The fourth-order valence-corrected chi connectivity index (χ4v) is 0.791. The molecule has 61 valence electrons. The highest BCUT2D eigenvalue weighted by atomic mass is 16.2. The van der Waals surface area contributed by atoms with E-state index >= 15 is 0 Å². The third-order valence-corrected chi connectivity index (χ3v) is 1.37. The van der Waals surface area contributed by atoms with Gasteiger partial charge in [0.1, 0.15) is 0 Å². The summed E-state index contributed by atoms with van der Waals surface area (Å²) >= 11 is 0. The largest absolute Gasteiger partial charge is 0.396 e. The van der Waals surface area contributed by atoms with Crippen LogP contribution in [-0.4, -0.2) is 11.7 Å². The highest BCUT2D eigenvalue weighted by Crippen LogP contribution is 2.20. The molecule has 1 nitrogen and oxygen atoms in total. The van der Waals surface area contributed by atoms with Gasteiger partial charge < -0.3 is 5.11 Å². The molecule has 0 aromatic rings. The van der Waals surface area contributed by atoms with Crippen molar-refractivity contribution < 1.29 is 5.11 Å². The van der Waals surface area contributed by atoms with Gasteiger partial charge in [0.25, 0.3) is 0 Å². The number of aliphatic hydroxyl groups is 1. The van der Waals surface area contributed by atoms with Gasteiger partial charge in [-0.3, -0.25) is 0 Å². The van der Waals surface area contributed by atoms with E-state index in [-0.39, 0.29) is 0 Å². The first kappa shape index (κ1) is 9.96. The molecule has 0 bridgehead atoms. The molecule has 0 aliphatic heterocycles. The number of unbranched alkanes of at least 4 members (excludes halogenated alkanes) is 2. The number of rotatable bonds is 4. The minimum atomic E-state index is 0.331. The van der Waals surface area contributed by atoms with Crippen LogP contribution in [0.15, 0.2) is 0 Å². The maximum atomic E-state index is 8.48. The lowest BCUT2D eigenvalue weighted by atomic mass is 9.89. The Kier molecular flexibility index (Phi) is 4.71. The Hall–Kier alpha value is -0.0400. The first-order valence-corrected chi connectivity index (χ1v) is 4.01. The molecule has 0 spiro atoms. The van der Waals surface area contributed by atoms with Gasteiger partial charge in [-0.25, -0.2) is 0 Å². The summed E-state index contributed by atoms with van der Waals surface area (Å²) in [6.07, 6.45) is 5.49. The summed E-state index contributed by atoms with van der Waals surface area (Å²) in [5, 5.41) is 8.48. The van der Waals surface area contributed by atoms with Gasteiger partial charge in [0, 0.05) is 6.61 Å². The van der Waals surface area contributed by atoms with E-state index in [9.17, 15) is 0 Å². The average molecular weight is 143 g/mol. The number of hydrogen-bond donors (Lipinski definition) is 1. The van der Waals surface area contributed by atoms with Crippen molar-refractivity contribution in [1.29, 1.82) is 0 Å². The molecule has 0 atom stereocenters. The molecule has 0 rings (SSSR count). The Balaban J connectivity index is 3.04. The molecule has 1 N–H and O–H groups in total. The summed E-state index contributed by atoms with van der Waals surface area (Å²) in [6.45, 7) is 6.93. The van der Waals surface area contributed by atoms with Crippen LogP contribution in [0.1, 0.15) is 40.0 Å². The second-order valence-electron chi connectivity index (χ2n) is 3.79. The molecular formula is C9H19O. The zero-order valence-corrected chi connectivity index (χ0v) is 7.35. The highest BCUT2D eigenvalue weighted by molar-refractivity contribution is 4.79. The van der Waals surface area contributed by atoms with E-state index in [1.54, 1.807) is 0 Å². The molecule has 10 heavy (non-hydrogen) atoms. The van der Waals surface area contributed by atoms with E-state index in [0.717, 1.165) is 19.3 Å². The summed E-state index contributed by atoms with van der Waals surface area (Å²) in [6, 6.07) is 0. The Morgan fingerprint density at radius 2 is 1.80 bits per heavy atom. The fraction of sp³-hybridized carbons (Fsp3) is 0.889. The van der Waals surface area contributed by atoms with Crippen LogP contribution in [0.3, 0.4) is 0 Å². The van der Waals surface area contributed by atoms with Crippen LogP contribution in [0.2, 0.25) is 0 Å². The van der Waals surface area contributed by atoms with Crippen molar-refractivity contribution in [3.05, 3.63) is 6.42 Å². The normalized spacial score (nSPS) is 12.0. The van der Waals surface area contributed by atoms with Crippen LogP contribution in [-0.2, 0) is 0 Å². The van der Waals surface area contributed by atoms with E-state index in [1.165, 1.54) is 0 Å². The highest BCUT2D eigenvalue weighted by Gasteiger charge is 2.08. The molecule has 0 heterocycles. The second kappa shape index (κ2) is 4.73. The van der Waals surface area contributed by atoms with Crippen molar-refractivity contribution >= 4 is 0 Å². The van der Waals surface area contributed by atoms with Gasteiger partial charge in [0.15, 0.2) is 0 Å². The van der Waals surface area contributed by atoms with Crippen LogP contribution in [0.4, 0.5) is 0 Å². The predicted octanol–water partition coefficient (Wildman–Crippen LogP) is 2.40. The molecular weight excluding hydrogens is 124 g/mol. The Morgan fingerprint density at radius 1 is 1.20 bits per heavy atom. The first-order valence-electron chi connectivity index (χ1n) is 4.01. The van der Waals surface area contributed by atoms with Crippen LogP contribution in [0.25, 0.3) is 0 Å². The monoisotopic (exact) mass is 143 g/mol. The van der Waals surface area contributed by atoms with Gasteiger partial charge in [-0.05, 0) is 24.7 Å². The van der Waals surface area contributed by atoms with Gasteiger partial charge in [-0.15, -0.1) is 0 Å². The molecule has 1 heteroatoms. The van der Waals surface area contributed by atoms with E-state index in [0.29, 0.717) is 12.0 Å². The summed E-state index contributed by atoms with van der Waals surface area (Å²) in [5.41, 5.74) is 0.343. The van der Waals surface area contributed by atoms with Gasteiger partial charge in [0.2, 0.25) is 0 Å². The maximum absolute atomic E-state index is 8.48. The molecule has 0 aromatic carbocycles. The van der Waals surface area contributed by atoms with Crippen molar-refractivity contribution in [2.24, 2.45) is 5.41 Å². The van der Waals surface area contributed by atoms with Gasteiger partial charge in [0.05, 0.1) is 0 Å². The third kappa shape index (κ3) is 7.96. The van der Waals surface area contributed by atoms with Crippen molar-refractivity contribution in [3.8, 4) is 0 Å².